The molecule has 2 aromatic heterocycles. The molecule has 1 fully saturated rings. The first kappa shape index (κ1) is 17.9. The van der Waals surface area contributed by atoms with E-state index in [0.29, 0.717) is 6.04 Å². The van der Waals surface area contributed by atoms with E-state index in [4.69, 9.17) is 0 Å². The topological polar surface area (TPSA) is 46.8 Å². The summed E-state index contributed by atoms with van der Waals surface area (Å²) in [7, 11) is 0. The first-order chi connectivity index (χ1) is 13.3. The van der Waals surface area contributed by atoms with Crippen LogP contribution in [0.1, 0.15) is 37.1 Å². The summed E-state index contributed by atoms with van der Waals surface area (Å²) in [5.41, 5.74) is 2.26. The molecule has 1 aliphatic heterocycles. The average molecular weight is 361 g/mol. The maximum absolute atomic E-state index is 4.59. The molecule has 0 amide bonds. The van der Waals surface area contributed by atoms with Crippen LogP contribution in [0.2, 0.25) is 0 Å². The lowest BCUT2D eigenvalue weighted by Crippen LogP contribution is -2.39. The molecular formula is C22H27N5. The van der Waals surface area contributed by atoms with Gasteiger partial charge in [-0.2, -0.15) is 0 Å². The van der Waals surface area contributed by atoms with Gasteiger partial charge in [0, 0.05) is 55.0 Å². The van der Waals surface area contributed by atoms with E-state index in [1.165, 1.54) is 31.2 Å². The summed E-state index contributed by atoms with van der Waals surface area (Å²) < 4.78 is 2.25. The fourth-order valence-electron chi connectivity index (χ4n) is 3.93. The SMILES string of the molecule is Cc1nccn1CC[C@@H]1CCCCN1Cc1cnc(-c2ccccc2)nc1. The van der Waals surface area contributed by atoms with Crippen molar-refractivity contribution in [3.63, 3.8) is 0 Å². The van der Waals surface area contributed by atoms with E-state index in [9.17, 15) is 0 Å². The molecule has 0 saturated carbocycles. The Hall–Kier alpha value is -2.53. The molecule has 0 spiro atoms. The Morgan fingerprint density at radius 1 is 1.04 bits per heavy atom. The van der Waals surface area contributed by atoms with Crippen molar-refractivity contribution in [2.24, 2.45) is 0 Å². The van der Waals surface area contributed by atoms with Crippen LogP contribution in [0.25, 0.3) is 11.4 Å². The van der Waals surface area contributed by atoms with Crippen LogP contribution in [0, 0.1) is 6.92 Å². The number of piperidine rings is 1. The van der Waals surface area contributed by atoms with Gasteiger partial charge in [-0.1, -0.05) is 36.8 Å². The quantitative estimate of drug-likeness (QED) is 0.663. The van der Waals surface area contributed by atoms with Crippen molar-refractivity contribution in [2.45, 2.75) is 51.7 Å². The number of aryl methyl sites for hydroxylation is 2. The minimum atomic E-state index is 0.620. The van der Waals surface area contributed by atoms with Gasteiger partial charge in [-0.15, -0.1) is 0 Å². The van der Waals surface area contributed by atoms with Crippen LogP contribution in [0.15, 0.2) is 55.1 Å². The van der Waals surface area contributed by atoms with E-state index in [1.54, 1.807) is 0 Å². The minimum Gasteiger partial charge on any atom is -0.335 e. The summed E-state index contributed by atoms with van der Waals surface area (Å²) >= 11 is 0. The van der Waals surface area contributed by atoms with Crippen molar-refractivity contribution < 1.29 is 0 Å². The Morgan fingerprint density at radius 3 is 2.59 bits per heavy atom. The minimum absolute atomic E-state index is 0.620. The second-order valence-corrected chi connectivity index (χ2v) is 7.36. The Kier molecular flexibility index (Phi) is 5.58. The maximum Gasteiger partial charge on any atom is 0.159 e. The molecule has 0 aliphatic carbocycles. The third-order valence-corrected chi connectivity index (χ3v) is 5.50. The van der Waals surface area contributed by atoms with Gasteiger partial charge in [0.1, 0.15) is 5.82 Å². The van der Waals surface area contributed by atoms with Gasteiger partial charge >= 0.3 is 0 Å². The van der Waals surface area contributed by atoms with Crippen LogP contribution < -0.4 is 0 Å². The number of aromatic nitrogens is 4. The van der Waals surface area contributed by atoms with Crippen LogP contribution in [-0.4, -0.2) is 37.0 Å². The standard InChI is InChI=1S/C22H27N5/c1-18-23-11-14-26(18)13-10-21-9-5-6-12-27(21)17-19-15-24-22(25-16-19)20-7-3-2-4-8-20/h2-4,7-8,11,14-16,21H,5-6,9-10,12-13,17H2,1H3/t21-/m0/s1. The maximum atomic E-state index is 4.59. The molecule has 3 heterocycles. The Labute approximate surface area is 161 Å². The Balaban J connectivity index is 1.39. The van der Waals surface area contributed by atoms with E-state index < -0.39 is 0 Å². The van der Waals surface area contributed by atoms with Crippen molar-refractivity contribution in [3.05, 3.63) is 66.5 Å². The zero-order chi connectivity index (χ0) is 18.5. The van der Waals surface area contributed by atoms with Gasteiger partial charge in [0.25, 0.3) is 0 Å². The molecule has 1 aromatic carbocycles. The third-order valence-electron chi connectivity index (χ3n) is 5.50. The summed E-state index contributed by atoms with van der Waals surface area (Å²) in [5.74, 6) is 1.90. The Bertz CT molecular complexity index is 841. The van der Waals surface area contributed by atoms with Crippen molar-refractivity contribution in [1.82, 2.24) is 24.4 Å². The molecule has 0 N–H and O–H groups in total. The predicted octanol–water partition coefficient (Wildman–Crippen LogP) is 4.09. The monoisotopic (exact) mass is 361 g/mol. The highest BCUT2D eigenvalue weighted by Gasteiger charge is 2.22. The average Bonchev–Trinajstić information content (AvgIpc) is 3.13. The molecule has 140 valence electrons. The number of hydrogen-bond acceptors (Lipinski definition) is 4. The highest BCUT2D eigenvalue weighted by Crippen LogP contribution is 2.23. The van der Waals surface area contributed by atoms with E-state index in [1.807, 2.05) is 48.9 Å². The van der Waals surface area contributed by atoms with E-state index in [2.05, 4.69) is 37.5 Å². The van der Waals surface area contributed by atoms with E-state index in [-0.39, 0.29) is 0 Å². The van der Waals surface area contributed by atoms with Crippen LogP contribution in [-0.2, 0) is 13.1 Å². The highest BCUT2D eigenvalue weighted by atomic mass is 15.2. The van der Waals surface area contributed by atoms with Gasteiger partial charge < -0.3 is 4.57 Å². The van der Waals surface area contributed by atoms with Gasteiger partial charge in [-0.3, -0.25) is 4.90 Å². The third kappa shape index (κ3) is 4.42. The second kappa shape index (κ2) is 8.44. The lowest BCUT2D eigenvalue weighted by atomic mass is 9.98. The highest BCUT2D eigenvalue weighted by molar-refractivity contribution is 5.53. The van der Waals surface area contributed by atoms with Crippen LogP contribution in [0.4, 0.5) is 0 Å². The van der Waals surface area contributed by atoms with Crippen molar-refractivity contribution >= 4 is 0 Å². The van der Waals surface area contributed by atoms with Gasteiger partial charge in [0.15, 0.2) is 5.82 Å². The summed E-state index contributed by atoms with van der Waals surface area (Å²) in [6, 6.07) is 10.8. The molecule has 3 aromatic rings. The Morgan fingerprint density at radius 2 is 1.85 bits per heavy atom. The first-order valence-corrected chi connectivity index (χ1v) is 9.88. The number of hydrogen-bond donors (Lipinski definition) is 0. The molecule has 27 heavy (non-hydrogen) atoms. The van der Waals surface area contributed by atoms with Gasteiger partial charge in [0.05, 0.1) is 0 Å². The number of likely N-dealkylation sites (tertiary alicyclic amines) is 1. The van der Waals surface area contributed by atoms with Gasteiger partial charge in [0.2, 0.25) is 0 Å². The fraction of sp³-hybridized carbons (Fsp3) is 0.409. The summed E-state index contributed by atoms with van der Waals surface area (Å²) in [6.07, 6.45) is 13.0. The first-order valence-electron chi connectivity index (χ1n) is 9.88. The van der Waals surface area contributed by atoms with Crippen molar-refractivity contribution in [1.29, 1.82) is 0 Å². The summed E-state index contributed by atoms with van der Waals surface area (Å²) in [5, 5.41) is 0. The fourth-order valence-corrected chi connectivity index (χ4v) is 3.93. The van der Waals surface area contributed by atoms with Gasteiger partial charge in [-0.25, -0.2) is 15.0 Å². The molecular weight excluding hydrogens is 334 g/mol. The molecule has 5 nitrogen and oxygen atoms in total. The molecule has 0 unspecified atom stereocenters. The molecule has 1 saturated heterocycles. The number of benzene rings is 1. The number of imidazole rings is 1. The predicted molar refractivity (Wildman–Crippen MR) is 107 cm³/mol. The van der Waals surface area contributed by atoms with Crippen molar-refractivity contribution in [3.8, 4) is 11.4 Å². The largest absolute Gasteiger partial charge is 0.335 e. The molecule has 5 heteroatoms. The molecule has 0 bridgehead atoms. The van der Waals surface area contributed by atoms with Crippen molar-refractivity contribution in [2.75, 3.05) is 6.54 Å². The number of rotatable bonds is 6. The zero-order valence-corrected chi connectivity index (χ0v) is 16.0. The molecule has 4 rings (SSSR count). The molecule has 1 atom stereocenters. The van der Waals surface area contributed by atoms with Gasteiger partial charge in [-0.05, 0) is 32.7 Å². The smallest absolute Gasteiger partial charge is 0.159 e. The van der Waals surface area contributed by atoms with Crippen LogP contribution in [0.5, 0.6) is 0 Å². The zero-order valence-electron chi connectivity index (χ0n) is 16.0. The van der Waals surface area contributed by atoms with Crippen LogP contribution in [0.3, 0.4) is 0 Å². The normalized spacial score (nSPS) is 17.9. The second-order valence-electron chi connectivity index (χ2n) is 7.36. The van der Waals surface area contributed by atoms with E-state index in [0.717, 1.165) is 36.8 Å². The molecule has 1 aliphatic rings. The lowest BCUT2D eigenvalue weighted by Gasteiger charge is -2.36. The lowest BCUT2D eigenvalue weighted by molar-refractivity contribution is 0.128. The van der Waals surface area contributed by atoms with E-state index >= 15 is 0 Å². The summed E-state index contributed by atoms with van der Waals surface area (Å²) in [6.45, 7) is 5.21. The molecule has 0 radical (unpaired) electrons. The van der Waals surface area contributed by atoms with Crippen LogP contribution >= 0.6 is 0 Å². The summed E-state index contributed by atoms with van der Waals surface area (Å²) in [4.78, 5) is 16.1. The number of nitrogens with zero attached hydrogens (tertiary/aromatic N) is 5.